The van der Waals surface area contributed by atoms with E-state index in [0.29, 0.717) is 5.69 Å². The van der Waals surface area contributed by atoms with Crippen molar-refractivity contribution in [1.29, 1.82) is 0 Å². The van der Waals surface area contributed by atoms with E-state index in [2.05, 4.69) is 10.4 Å². The number of nitrogens with zero attached hydrogens (tertiary/aromatic N) is 3. The highest BCUT2D eigenvalue weighted by atomic mass is 32.3. The Balaban J connectivity index is 1.46. The maximum Gasteiger partial charge on any atom is 0.223 e. The first-order valence-corrected chi connectivity index (χ1v) is 13.8. The topological polar surface area (TPSA) is 90.6 Å². The van der Waals surface area contributed by atoms with Crippen molar-refractivity contribution in [3.63, 3.8) is 0 Å². The van der Waals surface area contributed by atoms with Crippen LogP contribution in [0.15, 0.2) is 79.0 Å². The molecule has 6 rings (SSSR count). The minimum absolute atomic E-state index is 0.00305. The Morgan fingerprint density at radius 2 is 1.70 bits per heavy atom. The fraction of sp³-hybridized carbons (Fsp3) is 0.286. The predicted octanol–water partition coefficient (Wildman–Crippen LogP) is 6.06. The second-order valence-corrected chi connectivity index (χ2v) is 12.8. The van der Waals surface area contributed by atoms with Gasteiger partial charge in [0.05, 0.1) is 39.9 Å². The summed E-state index contributed by atoms with van der Waals surface area (Å²) < 4.78 is 39.3. The quantitative estimate of drug-likeness (QED) is 0.297. The van der Waals surface area contributed by atoms with Gasteiger partial charge in [-0.1, -0.05) is 30.3 Å². The van der Waals surface area contributed by atoms with E-state index in [9.17, 15) is 18.3 Å². The molecular weight excluding hydrogens is 491 g/mol. The molecular formula is C28H29FN4O3S. The van der Waals surface area contributed by atoms with Gasteiger partial charge >= 0.3 is 0 Å². The Bertz CT molecular complexity index is 1470. The largest absolute Gasteiger partial charge is 0.348 e. The van der Waals surface area contributed by atoms with Crippen LogP contribution in [-0.2, 0) is 4.79 Å². The second-order valence-electron chi connectivity index (χ2n) is 10.3. The highest BCUT2D eigenvalue weighted by molar-refractivity contribution is 8.26. The zero-order valence-corrected chi connectivity index (χ0v) is 21.4. The summed E-state index contributed by atoms with van der Waals surface area (Å²) in [6, 6.07) is 20.3. The molecule has 1 saturated heterocycles. The zero-order valence-electron chi connectivity index (χ0n) is 20.6. The number of anilines is 1. The summed E-state index contributed by atoms with van der Waals surface area (Å²) in [4.78, 5) is 12.9. The molecule has 2 fully saturated rings. The summed E-state index contributed by atoms with van der Waals surface area (Å²) >= 11 is 0. The highest BCUT2D eigenvalue weighted by Gasteiger charge is 2.60. The molecule has 9 heteroatoms. The van der Waals surface area contributed by atoms with Crippen molar-refractivity contribution in [2.75, 3.05) is 4.31 Å². The smallest absolute Gasteiger partial charge is 0.223 e. The molecule has 4 aromatic rings. The average molecular weight is 521 g/mol. The Hall–Kier alpha value is -3.40. The van der Waals surface area contributed by atoms with Gasteiger partial charge in [-0.3, -0.25) is 18.2 Å². The van der Waals surface area contributed by atoms with Crippen molar-refractivity contribution in [2.45, 2.75) is 43.5 Å². The molecule has 37 heavy (non-hydrogen) atoms. The van der Waals surface area contributed by atoms with Crippen molar-refractivity contribution >= 4 is 33.3 Å². The van der Waals surface area contributed by atoms with Crippen LogP contribution in [-0.4, -0.2) is 35.6 Å². The standard InChI is InChI=1S/C28H29FN4O3S/c1-28(2)26(31-27(34)19-8-9-19)25(18-6-4-3-5-7-18)33(37(28,35)36)23-14-15-24-20(16-23)17-30-32(24)22-12-10-21(29)11-13-22/h3-7,10-17,19,25-26,35-36H,8-9H2,1-2H3,(H,31,34)/t25-,26-/m1/s1. The molecule has 0 bridgehead atoms. The monoisotopic (exact) mass is 520 g/mol. The van der Waals surface area contributed by atoms with Crippen LogP contribution in [0.1, 0.15) is 38.3 Å². The van der Waals surface area contributed by atoms with Crippen LogP contribution >= 0.6 is 10.8 Å². The molecule has 1 aliphatic carbocycles. The lowest BCUT2D eigenvalue weighted by molar-refractivity contribution is -0.123. The number of aromatic nitrogens is 2. The predicted molar refractivity (Wildman–Crippen MR) is 144 cm³/mol. The first kappa shape index (κ1) is 24.0. The SMILES string of the molecule is CC1(C)[C@H](NC(=O)C2CC2)[C@@H](c2ccccc2)N(c2ccc3c(cnn3-c3ccc(F)cc3)c2)S1(O)O. The number of carbonyl (C=O) groups excluding carboxylic acids is 1. The van der Waals surface area contributed by atoms with Crippen LogP contribution in [0.2, 0.25) is 0 Å². The molecule has 3 N–H and O–H groups in total. The van der Waals surface area contributed by atoms with E-state index >= 15 is 0 Å². The molecule has 0 spiro atoms. The molecule has 0 radical (unpaired) electrons. The summed E-state index contributed by atoms with van der Waals surface area (Å²) in [5.74, 6) is -0.358. The van der Waals surface area contributed by atoms with E-state index in [1.54, 1.807) is 41.2 Å². The third-order valence-electron chi connectivity index (χ3n) is 7.56. The Labute approximate surface area is 216 Å². The van der Waals surface area contributed by atoms with Gasteiger partial charge in [0.25, 0.3) is 0 Å². The lowest BCUT2D eigenvalue weighted by Crippen LogP contribution is -2.50. The summed E-state index contributed by atoms with van der Waals surface area (Å²) in [6.45, 7) is 3.61. The molecule has 3 aromatic carbocycles. The van der Waals surface area contributed by atoms with Crippen LogP contribution in [0.5, 0.6) is 0 Å². The number of benzene rings is 3. The van der Waals surface area contributed by atoms with Crippen molar-refractivity contribution in [3.8, 4) is 5.69 Å². The third-order valence-corrected chi connectivity index (χ3v) is 10.2. The van der Waals surface area contributed by atoms with Crippen LogP contribution in [0, 0.1) is 11.7 Å². The average Bonchev–Trinajstić information content (AvgIpc) is 3.63. The first-order chi connectivity index (χ1) is 17.7. The van der Waals surface area contributed by atoms with E-state index in [1.807, 2.05) is 48.5 Å². The van der Waals surface area contributed by atoms with Gasteiger partial charge in [0.15, 0.2) is 0 Å². The van der Waals surface area contributed by atoms with E-state index < -0.39 is 27.6 Å². The second kappa shape index (κ2) is 8.58. The minimum Gasteiger partial charge on any atom is -0.348 e. The van der Waals surface area contributed by atoms with Gasteiger partial charge in [0.1, 0.15) is 5.82 Å². The fourth-order valence-corrected chi connectivity index (χ4v) is 7.20. The number of rotatable bonds is 5. The van der Waals surface area contributed by atoms with Gasteiger partial charge in [-0.2, -0.15) is 5.10 Å². The van der Waals surface area contributed by atoms with Gasteiger partial charge in [-0.15, -0.1) is 10.8 Å². The van der Waals surface area contributed by atoms with E-state index in [0.717, 1.165) is 35.0 Å². The Morgan fingerprint density at radius 1 is 1.03 bits per heavy atom. The Kier molecular flexibility index (Phi) is 5.56. The molecule has 2 heterocycles. The summed E-state index contributed by atoms with van der Waals surface area (Å²) in [6.07, 6.45) is 3.44. The van der Waals surface area contributed by atoms with Crippen LogP contribution in [0.4, 0.5) is 10.1 Å². The summed E-state index contributed by atoms with van der Waals surface area (Å²) in [5.41, 5.74) is 3.04. The van der Waals surface area contributed by atoms with Gasteiger partial charge in [-0.25, -0.2) is 9.07 Å². The maximum atomic E-state index is 13.4. The van der Waals surface area contributed by atoms with E-state index in [1.165, 1.54) is 12.1 Å². The van der Waals surface area contributed by atoms with Crippen molar-refractivity contribution in [3.05, 3.63) is 90.4 Å². The van der Waals surface area contributed by atoms with Crippen LogP contribution < -0.4 is 9.62 Å². The van der Waals surface area contributed by atoms with Gasteiger partial charge in [0, 0.05) is 11.3 Å². The molecule has 2 aliphatic rings. The van der Waals surface area contributed by atoms with Crippen LogP contribution in [0.3, 0.4) is 0 Å². The van der Waals surface area contributed by atoms with Crippen molar-refractivity contribution in [2.24, 2.45) is 5.92 Å². The van der Waals surface area contributed by atoms with Gasteiger partial charge < -0.3 is 5.32 Å². The fourth-order valence-electron chi connectivity index (χ4n) is 5.20. The molecule has 7 nitrogen and oxygen atoms in total. The number of hydrogen-bond acceptors (Lipinski definition) is 5. The number of amides is 1. The molecule has 2 atom stereocenters. The number of carbonyl (C=O) groups is 1. The molecule has 1 saturated carbocycles. The highest BCUT2D eigenvalue weighted by Crippen LogP contribution is 2.68. The maximum absolute atomic E-state index is 13.4. The van der Waals surface area contributed by atoms with E-state index in [4.69, 9.17) is 0 Å². The lowest BCUT2D eigenvalue weighted by Gasteiger charge is -2.47. The lowest BCUT2D eigenvalue weighted by atomic mass is 9.90. The number of hydrogen-bond donors (Lipinski definition) is 3. The number of nitrogens with one attached hydrogen (secondary N) is 1. The Morgan fingerprint density at radius 3 is 2.38 bits per heavy atom. The van der Waals surface area contributed by atoms with Crippen molar-refractivity contribution < 1.29 is 18.3 Å². The number of fused-ring (bicyclic) bond motifs is 1. The minimum atomic E-state index is -3.38. The molecule has 1 aromatic heterocycles. The first-order valence-electron chi connectivity index (χ1n) is 12.3. The molecule has 1 aliphatic heterocycles. The molecule has 1 amide bonds. The van der Waals surface area contributed by atoms with Crippen molar-refractivity contribution in [1.82, 2.24) is 15.1 Å². The van der Waals surface area contributed by atoms with Crippen LogP contribution in [0.25, 0.3) is 16.6 Å². The summed E-state index contributed by atoms with van der Waals surface area (Å²) in [5, 5.41) is 8.46. The van der Waals surface area contributed by atoms with E-state index in [-0.39, 0.29) is 17.6 Å². The summed E-state index contributed by atoms with van der Waals surface area (Å²) in [7, 11) is -3.38. The zero-order chi connectivity index (χ0) is 25.9. The normalized spacial score (nSPS) is 23.2. The molecule has 192 valence electrons. The number of halogens is 1. The van der Waals surface area contributed by atoms with Gasteiger partial charge in [0.2, 0.25) is 5.91 Å². The third kappa shape index (κ3) is 3.89. The molecule has 0 unspecified atom stereocenters. The van der Waals surface area contributed by atoms with Gasteiger partial charge in [-0.05, 0) is 74.7 Å².